The summed E-state index contributed by atoms with van der Waals surface area (Å²) in [5.41, 5.74) is 1.10. The van der Waals surface area contributed by atoms with Gasteiger partial charge in [0.05, 0.1) is 25.7 Å². The zero-order chi connectivity index (χ0) is 21.1. The summed E-state index contributed by atoms with van der Waals surface area (Å²) >= 11 is 1.65. The number of hydrogen-bond acceptors (Lipinski definition) is 5. The van der Waals surface area contributed by atoms with Crippen molar-refractivity contribution in [3.8, 4) is 0 Å². The van der Waals surface area contributed by atoms with E-state index >= 15 is 0 Å². The molecule has 0 amide bonds. The molecule has 0 saturated heterocycles. The van der Waals surface area contributed by atoms with Crippen LogP contribution in [0.25, 0.3) is 11.2 Å². The van der Waals surface area contributed by atoms with Gasteiger partial charge < -0.3 is 8.98 Å². The van der Waals surface area contributed by atoms with E-state index in [4.69, 9.17) is 4.42 Å². The third kappa shape index (κ3) is 3.87. The van der Waals surface area contributed by atoms with Crippen LogP contribution in [0.5, 0.6) is 0 Å². The summed E-state index contributed by atoms with van der Waals surface area (Å²) in [5, 5.41) is 0. The number of unbranched alkanes of at least 4 members (excludes halogenated alkanes) is 1. The topological polar surface area (TPSA) is 75.0 Å². The van der Waals surface area contributed by atoms with Crippen LogP contribution < -0.4 is 11.2 Å². The number of furan rings is 1. The van der Waals surface area contributed by atoms with Crippen LogP contribution in [-0.4, -0.2) is 24.9 Å². The number of hydrogen-bond donors (Lipinski definition) is 0. The largest absolute Gasteiger partial charge is 0.467 e. The molecule has 0 radical (unpaired) electrons. The van der Waals surface area contributed by atoms with Crippen LogP contribution in [-0.2, 0) is 19.6 Å². The first kappa shape index (κ1) is 20.3. The van der Waals surface area contributed by atoms with Gasteiger partial charge in [-0.3, -0.25) is 13.9 Å². The van der Waals surface area contributed by atoms with Crippen molar-refractivity contribution in [1.82, 2.24) is 18.7 Å². The molecule has 4 aromatic rings. The minimum absolute atomic E-state index is 0.223. The van der Waals surface area contributed by atoms with Gasteiger partial charge in [0, 0.05) is 11.4 Å². The zero-order valence-electron chi connectivity index (χ0n) is 17.1. The molecule has 0 aliphatic heterocycles. The van der Waals surface area contributed by atoms with E-state index < -0.39 is 0 Å². The fourth-order valence-electron chi connectivity index (χ4n) is 3.50. The van der Waals surface area contributed by atoms with Gasteiger partial charge in [-0.2, -0.15) is 0 Å². The Labute approximate surface area is 178 Å². The number of aryl methyl sites for hydroxylation is 1. The van der Waals surface area contributed by atoms with Crippen LogP contribution in [0, 0.1) is 0 Å². The molecule has 0 saturated carbocycles. The van der Waals surface area contributed by atoms with E-state index in [0.717, 1.165) is 29.1 Å². The predicted octanol–water partition coefficient (Wildman–Crippen LogP) is 3.57. The number of rotatable bonds is 8. The summed E-state index contributed by atoms with van der Waals surface area (Å²) in [6.45, 7) is 3.20. The molecule has 30 heavy (non-hydrogen) atoms. The van der Waals surface area contributed by atoms with E-state index in [1.165, 1.54) is 4.57 Å². The third-order valence-corrected chi connectivity index (χ3v) is 5.87. The number of imidazole rings is 1. The number of aromatic nitrogens is 4. The van der Waals surface area contributed by atoms with Crippen molar-refractivity contribution in [3.05, 3.63) is 81.2 Å². The number of thioether (sulfide) groups is 1. The molecule has 0 aliphatic rings. The summed E-state index contributed by atoms with van der Waals surface area (Å²) < 4.78 is 10.1. The molecular weight excluding hydrogens is 400 g/mol. The monoisotopic (exact) mass is 424 g/mol. The highest BCUT2D eigenvalue weighted by molar-refractivity contribution is 7.98. The lowest BCUT2D eigenvalue weighted by molar-refractivity contribution is 0.495. The van der Waals surface area contributed by atoms with Crippen molar-refractivity contribution in [2.24, 2.45) is 0 Å². The fourth-order valence-corrected chi connectivity index (χ4v) is 3.91. The quantitative estimate of drug-likeness (QED) is 0.404. The van der Waals surface area contributed by atoms with E-state index in [9.17, 15) is 9.59 Å². The molecule has 156 valence electrons. The average Bonchev–Trinajstić information content (AvgIpc) is 3.42. The van der Waals surface area contributed by atoms with Gasteiger partial charge in [0.15, 0.2) is 11.2 Å². The Hall–Kier alpha value is -3.00. The van der Waals surface area contributed by atoms with Crippen molar-refractivity contribution >= 4 is 22.9 Å². The van der Waals surface area contributed by atoms with Crippen LogP contribution in [0.3, 0.4) is 0 Å². The zero-order valence-corrected chi connectivity index (χ0v) is 17.9. The summed E-state index contributed by atoms with van der Waals surface area (Å²) in [5.74, 6) is 0.721. The first-order valence-corrected chi connectivity index (χ1v) is 11.2. The molecule has 0 unspecified atom stereocenters. The molecule has 0 atom stereocenters. The van der Waals surface area contributed by atoms with Crippen LogP contribution >= 0.6 is 11.8 Å². The lowest BCUT2D eigenvalue weighted by atomic mass is 10.2. The molecule has 0 fully saturated rings. The van der Waals surface area contributed by atoms with Crippen molar-refractivity contribution < 1.29 is 4.42 Å². The normalized spacial score (nSPS) is 11.4. The van der Waals surface area contributed by atoms with Gasteiger partial charge in [0.1, 0.15) is 5.76 Å². The molecule has 1 aromatic carbocycles. The lowest BCUT2D eigenvalue weighted by Crippen LogP contribution is -2.41. The number of benzene rings is 1. The van der Waals surface area contributed by atoms with Crippen molar-refractivity contribution in [1.29, 1.82) is 0 Å². The van der Waals surface area contributed by atoms with E-state index in [1.54, 1.807) is 33.5 Å². The summed E-state index contributed by atoms with van der Waals surface area (Å²) in [6.07, 6.45) is 6.99. The van der Waals surface area contributed by atoms with Crippen LogP contribution in [0.4, 0.5) is 0 Å². The Morgan fingerprint density at radius 1 is 1.07 bits per heavy atom. The van der Waals surface area contributed by atoms with Crippen LogP contribution in [0.1, 0.15) is 31.1 Å². The molecule has 0 aliphatic carbocycles. The molecule has 7 nitrogen and oxygen atoms in total. The summed E-state index contributed by atoms with van der Waals surface area (Å²) in [7, 11) is 0. The highest BCUT2D eigenvalue weighted by atomic mass is 32.2. The van der Waals surface area contributed by atoms with Crippen molar-refractivity contribution in [3.63, 3.8) is 0 Å². The van der Waals surface area contributed by atoms with E-state index in [-0.39, 0.29) is 17.8 Å². The highest BCUT2D eigenvalue weighted by Gasteiger charge is 2.18. The van der Waals surface area contributed by atoms with E-state index in [2.05, 4.69) is 11.9 Å². The molecule has 0 spiro atoms. The molecule has 8 heteroatoms. The predicted molar refractivity (Wildman–Crippen MR) is 118 cm³/mol. The Kier molecular flexibility index (Phi) is 5.94. The number of nitrogens with zero attached hydrogens (tertiary/aromatic N) is 4. The third-order valence-electron chi connectivity index (χ3n) is 5.12. The van der Waals surface area contributed by atoms with Gasteiger partial charge in [-0.1, -0.05) is 25.5 Å². The van der Waals surface area contributed by atoms with Gasteiger partial charge in [0.2, 0.25) is 0 Å². The molecule has 3 aromatic heterocycles. The minimum Gasteiger partial charge on any atom is -0.467 e. The maximum atomic E-state index is 13.4. The smallest absolute Gasteiger partial charge is 0.333 e. The lowest BCUT2D eigenvalue weighted by Gasteiger charge is -2.12. The first-order chi connectivity index (χ1) is 14.6. The second-order valence-corrected chi connectivity index (χ2v) is 8.03. The molecule has 0 bridgehead atoms. The van der Waals surface area contributed by atoms with Gasteiger partial charge in [-0.05, 0) is 42.5 Å². The summed E-state index contributed by atoms with van der Waals surface area (Å²) in [4.78, 5) is 32.1. The molecule has 0 N–H and O–H groups in total. The van der Waals surface area contributed by atoms with E-state index in [0.29, 0.717) is 24.3 Å². The number of fused-ring (bicyclic) bond motifs is 1. The first-order valence-electron chi connectivity index (χ1n) is 9.96. The Balaban J connectivity index is 1.85. The maximum Gasteiger partial charge on any atom is 0.333 e. The molecular formula is C22H24N4O3S. The van der Waals surface area contributed by atoms with Gasteiger partial charge >= 0.3 is 5.69 Å². The Morgan fingerprint density at radius 3 is 2.53 bits per heavy atom. The van der Waals surface area contributed by atoms with Crippen molar-refractivity contribution in [2.75, 3.05) is 6.26 Å². The average molecular weight is 425 g/mol. The minimum atomic E-state index is -0.333. The highest BCUT2D eigenvalue weighted by Crippen LogP contribution is 2.16. The van der Waals surface area contributed by atoms with Crippen LogP contribution in [0.15, 0.2) is 67.9 Å². The second kappa shape index (κ2) is 8.79. The second-order valence-electron chi connectivity index (χ2n) is 7.15. The Morgan fingerprint density at radius 2 is 1.87 bits per heavy atom. The molecule has 3 heterocycles. The SMILES string of the molecule is CCCCn1c(=O)n(Cc2ccc(SC)cc2)c(=O)c2c1ncn2Cc1ccco1. The standard InChI is InChI=1S/C22H24N4O3S/c1-3-4-11-25-20-19(24(15-23-20)14-17-6-5-12-29-17)21(27)26(22(25)28)13-16-7-9-18(30-2)10-8-16/h5-10,12,15H,3-4,11,13-14H2,1-2H3. The van der Waals surface area contributed by atoms with Gasteiger partial charge in [-0.15, -0.1) is 11.8 Å². The summed E-state index contributed by atoms with van der Waals surface area (Å²) in [6, 6.07) is 11.6. The van der Waals surface area contributed by atoms with Crippen molar-refractivity contribution in [2.45, 2.75) is 44.3 Å². The van der Waals surface area contributed by atoms with Crippen LogP contribution in [0.2, 0.25) is 0 Å². The van der Waals surface area contributed by atoms with Gasteiger partial charge in [-0.25, -0.2) is 9.78 Å². The molecule has 4 rings (SSSR count). The maximum absolute atomic E-state index is 13.4. The Bertz CT molecular complexity index is 1250. The van der Waals surface area contributed by atoms with E-state index in [1.807, 2.05) is 42.7 Å². The fraction of sp³-hybridized carbons (Fsp3) is 0.318. The van der Waals surface area contributed by atoms with Gasteiger partial charge in [0.25, 0.3) is 5.56 Å².